The van der Waals surface area contributed by atoms with E-state index in [1.54, 1.807) is 10.9 Å². The molecule has 0 spiro atoms. The third-order valence-corrected chi connectivity index (χ3v) is 2.69. The van der Waals surface area contributed by atoms with Crippen molar-refractivity contribution in [3.63, 3.8) is 0 Å². The lowest BCUT2D eigenvalue weighted by molar-refractivity contribution is 0.0858. The first-order valence-corrected chi connectivity index (χ1v) is 5.36. The predicted octanol–water partition coefficient (Wildman–Crippen LogP) is 2.80. The average molecular weight is 216 g/mol. The molecule has 0 amide bonds. The van der Waals surface area contributed by atoms with Crippen molar-refractivity contribution in [3.05, 3.63) is 30.0 Å². The number of carbonyl (C=O) groups excluding carboxylic acids is 1. The van der Waals surface area contributed by atoms with Crippen molar-refractivity contribution < 1.29 is 4.79 Å². The van der Waals surface area contributed by atoms with Gasteiger partial charge in [0, 0.05) is 23.4 Å². The van der Waals surface area contributed by atoms with Crippen LogP contribution in [-0.4, -0.2) is 15.6 Å². The van der Waals surface area contributed by atoms with Crippen LogP contribution in [0.5, 0.6) is 0 Å². The van der Waals surface area contributed by atoms with Gasteiger partial charge in [0.2, 0.25) is 0 Å². The van der Waals surface area contributed by atoms with Gasteiger partial charge >= 0.3 is 0 Å². The Kier molecular flexibility index (Phi) is 2.34. The summed E-state index contributed by atoms with van der Waals surface area (Å²) in [5.74, 6) is 0.165. The molecule has 3 nitrogen and oxygen atoms in total. The smallest absolute Gasteiger partial charge is 0.168 e. The van der Waals surface area contributed by atoms with E-state index in [1.165, 1.54) is 0 Å². The molecule has 0 aliphatic carbocycles. The fraction of sp³-hybridized carbons (Fsp3) is 0.385. The van der Waals surface area contributed by atoms with E-state index in [-0.39, 0.29) is 11.2 Å². The average Bonchev–Trinajstić information content (AvgIpc) is 2.57. The van der Waals surface area contributed by atoms with Gasteiger partial charge in [-0.1, -0.05) is 20.8 Å². The molecule has 0 aliphatic heterocycles. The molecule has 0 saturated heterocycles. The first-order valence-electron chi connectivity index (χ1n) is 5.36. The van der Waals surface area contributed by atoms with Crippen molar-refractivity contribution in [1.29, 1.82) is 0 Å². The van der Waals surface area contributed by atoms with Crippen LogP contribution in [0.25, 0.3) is 10.9 Å². The molecule has 2 aromatic rings. The third kappa shape index (κ3) is 1.73. The molecular formula is C13H16N2O. The van der Waals surface area contributed by atoms with Gasteiger partial charge in [0.15, 0.2) is 5.78 Å². The fourth-order valence-corrected chi connectivity index (χ4v) is 1.74. The monoisotopic (exact) mass is 216 g/mol. The van der Waals surface area contributed by atoms with E-state index in [0.29, 0.717) is 0 Å². The molecule has 3 heteroatoms. The number of ketones is 1. The third-order valence-electron chi connectivity index (χ3n) is 2.69. The van der Waals surface area contributed by atoms with Gasteiger partial charge in [-0.25, -0.2) is 0 Å². The summed E-state index contributed by atoms with van der Waals surface area (Å²) in [6.07, 6.45) is 1.79. The van der Waals surface area contributed by atoms with Crippen LogP contribution in [0.15, 0.2) is 24.4 Å². The van der Waals surface area contributed by atoms with E-state index >= 15 is 0 Å². The van der Waals surface area contributed by atoms with Crippen molar-refractivity contribution in [3.8, 4) is 0 Å². The molecule has 16 heavy (non-hydrogen) atoms. The first-order chi connectivity index (χ1) is 7.39. The fourth-order valence-electron chi connectivity index (χ4n) is 1.74. The molecule has 1 aromatic carbocycles. The maximum atomic E-state index is 12.1. The molecule has 1 heterocycles. The molecule has 1 aromatic heterocycles. The van der Waals surface area contributed by atoms with Gasteiger partial charge in [-0.05, 0) is 18.2 Å². The van der Waals surface area contributed by atoms with Crippen molar-refractivity contribution in [2.24, 2.45) is 12.5 Å². The minimum absolute atomic E-state index is 0.165. The minimum atomic E-state index is -0.337. The molecule has 0 radical (unpaired) electrons. The molecular weight excluding hydrogens is 200 g/mol. The Morgan fingerprint density at radius 3 is 2.62 bits per heavy atom. The first kappa shape index (κ1) is 10.9. The van der Waals surface area contributed by atoms with Crippen LogP contribution in [0, 0.1) is 5.41 Å². The Labute approximate surface area is 95.1 Å². The summed E-state index contributed by atoms with van der Waals surface area (Å²) >= 11 is 0. The standard InChI is InChI=1S/C13H16N2O/c1-13(2,3)12(16)9-5-6-11-10(7-9)8-14-15(11)4/h5-8H,1-4H3. The Balaban J connectivity index is 2.52. The van der Waals surface area contributed by atoms with Crippen molar-refractivity contribution in [2.75, 3.05) is 0 Å². The number of Topliss-reactive ketones (excluding diaryl/α,β-unsaturated/α-hetero) is 1. The maximum absolute atomic E-state index is 12.1. The summed E-state index contributed by atoms with van der Waals surface area (Å²) in [5, 5.41) is 5.18. The number of carbonyl (C=O) groups is 1. The Morgan fingerprint density at radius 2 is 2.00 bits per heavy atom. The number of rotatable bonds is 1. The van der Waals surface area contributed by atoms with Crippen molar-refractivity contribution in [2.45, 2.75) is 20.8 Å². The van der Waals surface area contributed by atoms with Gasteiger partial charge in [-0.15, -0.1) is 0 Å². The molecule has 0 saturated carbocycles. The van der Waals surface area contributed by atoms with Crippen LogP contribution >= 0.6 is 0 Å². The lowest BCUT2D eigenvalue weighted by Crippen LogP contribution is -2.19. The van der Waals surface area contributed by atoms with E-state index in [0.717, 1.165) is 16.5 Å². The number of aryl methyl sites for hydroxylation is 1. The maximum Gasteiger partial charge on any atom is 0.168 e. The van der Waals surface area contributed by atoms with E-state index in [9.17, 15) is 4.79 Å². The van der Waals surface area contributed by atoms with Crippen LogP contribution in [-0.2, 0) is 7.05 Å². The van der Waals surface area contributed by atoms with Gasteiger partial charge < -0.3 is 0 Å². The van der Waals surface area contributed by atoms with Crippen LogP contribution in [0.3, 0.4) is 0 Å². The quantitative estimate of drug-likeness (QED) is 0.687. The van der Waals surface area contributed by atoms with E-state index in [4.69, 9.17) is 0 Å². The molecule has 84 valence electrons. The second kappa shape index (κ2) is 3.44. The number of hydrogen-bond donors (Lipinski definition) is 0. The Hall–Kier alpha value is -1.64. The number of nitrogens with zero attached hydrogens (tertiary/aromatic N) is 2. The summed E-state index contributed by atoms with van der Waals surface area (Å²) in [7, 11) is 1.90. The van der Waals surface area contributed by atoms with E-state index < -0.39 is 0 Å². The number of hydrogen-bond acceptors (Lipinski definition) is 2. The SMILES string of the molecule is Cn1ncc2cc(C(=O)C(C)(C)C)ccc21. The summed E-state index contributed by atoms with van der Waals surface area (Å²) in [4.78, 5) is 12.1. The van der Waals surface area contributed by atoms with Gasteiger partial charge in [0.05, 0.1) is 11.7 Å². The van der Waals surface area contributed by atoms with Crippen LogP contribution in [0.1, 0.15) is 31.1 Å². The molecule has 0 bridgehead atoms. The van der Waals surface area contributed by atoms with Crippen molar-refractivity contribution in [1.82, 2.24) is 9.78 Å². The lowest BCUT2D eigenvalue weighted by Gasteiger charge is -2.16. The highest BCUT2D eigenvalue weighted by molar-refractivity contribution is 6.02. The molecule has 0 N–H and O–H groups in total. The zero-order chi connectivity index (χ0) is 11.9. The van der Waals surface area contributed by atoms with Gasteiger partial charge in [-0.2, -0.15) is 5.10 Å². The summed E-state index contributed by atoms with van der Waals surface area (Å²) in [5.41, 5.74) is 1.47. The normalized spacial score (nSPS) is 12.0. The summed E-state index contributed by atoms with van der Waals surface area (Å²) in [6, 6.07) is 5.73. The molecule has 0 unspecified atom stereocenters. The van der Waals surface area contributed by atoms with Gasteiger partial charge in [0.25, 0.3) is 0 Å². The second-order valence-corrected chi connectivity index (χ2v) is 5.12. The Morgan fingerprint density at radius 1 is 1.31 bits per heavy atom. The molecule has 0 aliphatic rings. The molecule has 0 fully saturated rings. The summed E-state index contributed by atoms with van der Waals surface area (Å²) < 4.78 is 1.81. The van der Waals surface area contributed by atoms with Gasteiger partial charge in [-0.3, -0.25) is 9.48 Å². The zero-order valence-electron chi connectivity index (χ0n) is 10.1. The van der Waals surface area contributed by atoms with E-state index in [2.05, 4.69) is 5.10 Å². The van der Waals surface area contributed by atoms with E-state index in [1.807, 2.05) is 46.0 Å². The number of benzene rings is 1. The number of aromatic nitrogens is 2. The highest BCUT2D eigenvalue weighted by Gasteiger charge is 2.23. The van der Waals surface area contributed by atoms with Crippen molar-refractivity contribution >= 4 is 16.7 Å². The van der Waals surface area contributed by atoms with Crippen LogP contribution < -0.4 is 0 Å². The lowest BCUT2D eigenvalue weighted by atomic mass is 9.86. The predicted molar refractivity (Wildman–Crippen MR) is 64.5 cm³/mol. The highest BCUT2D eigenvalue weighted by Crippen LogP contribution is 2.23. The largest absolute Gasteiger partial charge is 0.294 e. The second-order valence-electron chi connectivity index (χ2n) is 5.12. The van der Waals surface area contributed by atoms with Crippen LogP contribution in [0.4, 0.5) is 0 Å². The molecule has 0 atom stereocenters. The molecule has 2 rings (SSSR count). The zero-order valence-corrected chi connectivity index (χ0v) is 10.1. The van der Waals surface area contributed by atoms with Gasteiger partial charge in [0.1, 0.15) is 0 Å². The topological polar surface area (TPSA) is 34.9 Å². The minimum Gasteiger partial charge on any atom is -0.294 e. The van der Waals surface area contributed by atoms with Crippen LogP contribution in [0.2, 0.25) is 0 Å². The number of fused-ring (bicyclic) bond motifs is 1. The summed E-state index contributed by atoms with van der Waals surface area (Å²) in [6.45, 7) is 5.80. The highest BCUT2D eigenvalue weighted by atomic mass is 16.1. The Bertz CT molecular complexity index is 547.